The van der Waals surface area contributed by atoms with Crippen molar-refractivity contribution < 1.29 is 33.3 Å². The number of hydrogen-bond donors (Lipinski definition) is 0. The molecule has 24 heavy (non-hydrogen) atoms. The number of ether oxygens (including phenoxy) is 5. The minimum Gasteiger partial charge on any atom is -0.500 e. The van der Waals surface area contributed by atoms with Gasteiger partial charge in [0.25, 0.3) is 0 Å². The number of hydrogen-bond acceptors (Lipinski definition) is 7. The first kappa shape index (κ1) is 19.8. The van der Waals surface area contributed by atoms with Gasteiger partial charge in [-0.2, -0.15) is 0 Å². The largest absolute Gasteiger partial charge is 0.500 e. The van der Waals surface area contributed by atoms with Gasteiger partial charge in [0.1, 0.15) is 24.2 Å². The first-order valence-corrected chi connectivity index (χ1v) is 7.44. The van der Waals surface area contributed by atoms with Gasteiger partial charge in [0.15, 0.2) is 0 Å². The fourth-order valence-corrected chi connectivity index (χ4v) is 1.78. The lowest BCUT2D eigenvalue weighted by molar-refractivity contribution is -0.138. The number of methoxy groups -OCH3 is 2. The molecule has 0 fully saturated rings. The first-order chi connectivity index (χ1) is 11.5. The summed E-state index contributed by atoms with van der Waals surface area (Å²) in [6, 6.07) is 4.32. The van der Waals surface area contributed by atoms with Crippen molar-refractivity contribution in [3.8, 4) is 5.75 Å². The quantitative estimate of drug-likeness (QED) is 0.290. The third-order valence-corrected chi connectivity index (χ3v) is 2.89. The first-order valence-electron chi connectivity index (χ1n) is 7.07. The predicted octanol–water partition coefficient (Wildman–Crippen LogP) is 2.57. The molecule has 0 aliphatic rings. The van der Waals surface area contributed by atoms with Crippen LogP contribution >= 0.6 is 11.6 Å². The maximum atomic E-state index is 12.2. The summed E-state index contributed by atoms with van der Waals surface area (Å²) in [6.07, 6.45) is 1.06. The zero-order valence-corrected chi connectivity index (χ0v) is 14.4. The molecule has 0 N–H and O–H groups in total. The smallest absolute Gasteiger partial charge is 0.377 e. The highest BCUT2D eigenvalue weighted by Crippen LogP contribution is 2.26. The SMILES string of the molecule is CCOCCOC(=O)c1cc(Cl)ccc1OC(=COC)C(=O)OC. The molecule has 0 bridgehead atoms. The van der Waals surface area contributed by atoms with E-state index in [1.807, 2.05) is 6.92 Å². The number of rotatable bonds is 9. The normalized spacial score (nSPS) is 10.9. The molecule has 1 aromatic rings. The van der Waals surface area contributed by atoms with E-state index in [1.165, 1.54) is 32.4 Å². The molecule has 0 saturated heterocycles. The molecule has 0 saturated carbocycles. The molecule has 0 aromatic heterocycles. The van der Waals surface area contributed by atoms with Crippen molar-refractivity contribution in [3.63, 3.8) is 0 Å². The van der Waals surface area contributed by atoms with Crippen LogP contribution in [-0.2, 0) is 23.7 Å². The predicted molar refractivity (Wildman–Crippen MR) is 86.0 cm³/mol. The third kappa shape index (κ3) is 6.10. The van der Waals surface area contributed by atoms with E-state index >= 15 is 0 Å². The summed E-state index contributed by atoms with van der Waals surface area (Å²) in [5.41, 5.74) is 0.0601. The van der Waals surface area contributed by atoms with Gasteiger partial charge in [0.05, 0.1) is 20.8 Å². The van der Waals surface area contributed by atoms with Crippen molar-refractivity contribution >= 4 is 23.5 Å². The number of halogens is 1. The van der Waals surface area contributed by atoms with Crippen LogP contribution in [0.1, 0.15) is 17.3 Å². The maximum absolute atomic E-state index is 12.2. The Bertz CT molecular complexity index is 598. The average Bonchev–Trinajstić information content (AvgIpc) is 2.58. The monoisotopic (exact) mass is 358 g/mol. The van der Waals surface area contributed by atoms with Crippen molar-refractivity contribution in [2.45, 2.75) is 6.92 Å². The van der Waals surface area contributed by atoms with E-state index in [4.69, 9.17) is 30.5 Å². The Labute approximate surface area is 145 Å². The number of benzene rings is 1. The lowest BCUT2D eigenvalue weighted by Gasteiger charge is -2.12. The van der Waals surface area contributed by atoms with Crippen molar-refractivity contribution in [1.82, 2.24) is 0 Å². The minimum absolute atomic E-state index is 0.0601. The minimum atomic E-state index is -0.762. The Morgan fingerprint density at radius 2 is 1.96 bits per heavy atom. The van der Waals surface area contributed by atoms with E-state index in [1.54, 1.807) is 0 Å². The molecule has 0 aliphatic carbocycles. The summed E-state index contributed by atoms with van der Waals surface area (Å²) in [7, 11) is 2.54. The van der Waals surface area contributed by atoms with E-state index in [2.05, 4.69) is 4.74 Å². The summed E-state index contributed by atoms with van der Waals surface area (Å²) in [4.78, 5) is 23.8. The Kier molecular flexibility index (Phi) is 8.67. The van der Waals surface area contributed by atoms with E-state index in [0.717, 1.165) is 6.26 Å². The molecule has 1 aromatic carbocycles. The van der Waals surface area contributed by atoms with Gasteiger partial charge in [-0.1, -0.05) is 11.6 Å². The van der Waals surface area contributed by atoms with Crippen LogP contribution in [-0.4, -0.2) is 46.0 Å². The Morgan fingerprint density at radius 1 is 1.21 bits per heavy atom. The highest BCUT2D eigenvalue weighted by Gasteiger charge is 2.20. The molecule has 7 nitrogen and oxygen atoms in total. The van der Waals surface area contributed by atoms with Gasteiger partial charge in [-0.05, 0) is 25.1 Å². The summed E-state index contributed by atoms with van der Waals surface area (Å²) in [5.74, 6) is -1.57. The third-order valence-electron chi connectivity index (χ3n) is 2.66. The number of esters is 2. The molecular weight excluding hydrogens is 340 g/mol. The number of carbonyl (C=O) groups is 2. The lowest BCUT2D eigenvalue weighted by Crippen LogP contribution is -2.15. The van der Waals surface area contributed by atoms with Crippen LogP contribution in [0.25, 0.3) is 0 Å². The van der Waals surface area contributed by atoms with Gasteiger partial charge in [-0.3, -0.25) is 0 Å². The Morgan fingerprint density at radius 3 is 2.58 bits per heavy atom. The molecule has 0 amide bonds. The molecule has 0 heterocycles. The van der Waals surface area contributed by atoms with Gasteiger partial charge in [-0.25, -0.2) is 9.59 Å². The summed E-state index contributed by atoms with van der Waals surface area (Å²) >= 11 is 5.91. The van der Waals surface area contributed by atoms with Crippen molar-refractivity contribution in [3.05, 3.63) is 40.8 Å². The highest BCUT2D eigenvalue weighted by molar-refractivity contribution is 6.31. The molecule has 0 aliphatic heterocycles. The topological polar surface area (TPSA) is 80.3 Å². The maximum Gasteiger partial charge on any atom is 0.377 e. The zero-order chi connectivity index (χ0) is 17.9. The Balaban J connectivity index is 2.96. The highest BCUT2D eigenvalue weighted by atomic mass is 35.5. The van der Waals surface area contributed by atoms with Gasteiger partial charge in [-0.15, -0.1) is 0 Å². The van der Waals surface area contributed by atoms with Crippen LogP contribution in [0.5, 0.6) is 5.75 Å². The standard InChI is InChI=1S/C16H19ClO7/c1-4-22-7-8-23-15(18)12-9-11(17)5-6-13(12)24-14(10-20-2)16(19)21-3/h5-6,9-10H,4,7-8H2,1-3H3. The van der Waals surface area contributed by atoms with Crippen LogP contribution in [0.3, 0.4) is 0 Å². The summed E-state index contributed by atoms with van der Waals surface area (Å²) in [6.45, 7) is 2.71. The molecule has 0 radical (unpaired) electrons. The second-order valence-corrected chi connectivity index (χ2v) is 4.72. The summed E-state index contributed by atoms with van der Waals surface area (Å²) < 4.78 is 24.9. The molecule has 1 rings (SSSR count). The van der Waals surface area contributed by atoms with Gasteiger partial charge >= 0.3 is 11.9 Å². The fourth-order valence-electron chi connectivity index (χ4n) is 1.61. The lowest BCUT2D eigenvalue weighted by atomic mass is 10.2. The van der Waals surface area contributed by atoms with Crippen molar-refractivity contribution in [1.29, 1.82) is 0 Å². The summed E-state index contributed by atoms with van der Waals surface area (Å²) in [5, 5.41) is 0.314. The Hall–Kier alpha value is -2.25. The van der Waals surface area contributed by atoms with Crippen LogP contribution in [0.2, 0.25) is 5.02 Å². The molecule has 0 unspecified atom stereocenters. The average molecular weight is 359 g/mol. The van der Waals surface area contributed by atoms with E-state index in [9.17, 15) is 9.59 Å². The van der Waals surface area contributed by atoms with Crippen molar-refractivity contribution in [2.75, 3.05) is 34.0 Å². The van der Waals surface area contributed by atoms with Gasteiger partial charge in [0, 0.05) is 11.6 Å². The van der Waals surface area contributed by atoms with Crippen LogP contribution in [0.15, 0.2) is 30.2 Å². The van der Waals surface area contributed by atoms with Crippen LogP contribution < -0.4 is 4.74 Å². The van der Waals surface area contributed by atoms with Crippen molar-refractivity contribution in [2.24, 2.45) is 0 Å². The van der Waals surface area contributed by atoms with Crippen LogP contribution in [0, 0.1) is 0 Å². The number of carbonyl (C=O) groups excluding carboxylic acids is 2. The van der Waals surface area contributed by atoms with Crippen LogP contribution in [0.4, 0.5) is 0 Å². The van der Waals surface area contributed by atoms with Gasteiger partial charge < -0.3 is 23.7 Å². The molecular formula is C16H19ClO7. The molecule has 0 spiro atoms. The van der Waals surface area contributed by atoms with E-state index < -0.39 is 11.9 Å². The molecule has 132 valence electrons. The molecule has 8 heteroatoms. The molecule has 0 atom stereocenters. The van der Waals surface area contributed by atoms with E-state index in [0.29, 0.717) is 11.6 Å². The second-order valence-electron chi connectivity index (χ2n) is 4.28. The fraction of sp³-hybridized carbons (Fsp3) is 0.375. The second kappa shape index (κ2) is 10.5. The van der Waals surface area contributed by atoms with E-state index in [-0.39, 0.29) is 30.3 Å². The van der Waals surface area contributed by atoms with Gasteiger partial charge in [0.2, 0.25) is 5.76 Å². The zero-order valence-electron chi connectivity index (χ0n) is 13.7.